The Bertz CT molecular complexity index is 1150. The van der Waals surface area contributed by atoms with Crippen LogP contribution in [0.25, 0.3) is 5.76 Å². The third-order valence-electron chi connectivity index (χ3n) is 5.30. The van der Waals surface area contributed by atoms with Gasteiger partial charge in [-0.15, -0.1) is 0 Å². The minimum atomic E-state index is -0.829. The molecule has 1 saturated heterocycles. The highest BCUT2D eigenvalue weighted by Gasteiger charge is 2.46. The highest BCUT2D eigenvalue weighted by atomic mass is 16.5. The smallest absolute Gasteiger partial charge is 0.296 e. The van der Waals surface area contributed by atoms with E-state index in [9.17, 15) is 14.7 Å². The summed E-state index contributed by atoms with van der Waals surface area (Å²) in [5.41, 5.74) is 1.07. The van der Waals surface area contributed by atoms with Gasteiger partial charge < -0.3 is 23.9 Å². The Hall–Kier alpha value is -4.00. The van der Waals surface area contributed by atoms with Crippen molar-refractivity contribution < 1.29 is 28.6 Å². The number of Topliss-reactive ketones (excluding diaryl/α,β-unsaturated/α-hetero) is 1. The van der Waals surface area contributed by atoms with Crippen molar-refractivity contribution >= 4 is 17.4 Å². The zero-order chi connectivity index (χ0) is 22.7. The summed E-state index contributed by atoms with van der Waals surface area (Å²) in [5.74, 6) is -0.164. The summed E-state index contributed by atoms with van der Waals surface area (Å²) in [6, 6.07) is 16.5. The van der Waals surface area contributed by atoms with Gasteiger partial charge >= 0.3 is 0 Å². The normalized spacial score (nSPS) is 17.6. The van der Waals surface area contributed by atoms with Gasteiger partial charge in [-0.3, -0.25) is 9.59 Å². The summed E-state index contributed by atoms with van der Waals surface area (Å²) in [5, 5.41) is 11.0. The summed E-state index contributed by atoms with van der Waals surface area (Å²) in [6.07, 6.45) is 1.50. The van der Waals surface area contributed by atoms with Gasteiger partial charge in [0.15, 0.2) is 11.5 Å². The number of benzene rings is 2. The topological polar surface area (TPSA) is 89.2 Å². The molecular weight excluding hydrogens is 410 g/mol. The first-order valence-corrected chi connectivity index (χ1v) is 10.2. The molecule has 164 valence electrons. The summed E-state index contributed by atoms with van der Waals surface area (Å²) >= 11 is 0. The van der Waals surface area contributed by atoms with Crippen LogP contribution < -0.4 is 9.47 Å². The van der Waals surface area contributed by atoms with Gasteiger partial charge in [-0.2, -0.15) is 0 Å². The molecule has 0 spiro atoms. The van der Waals surface area contributed by atoms with E-state index in [4.69, 9.17) is 13.9 Å². The van der Waals surface area contributed by atoms with Gasteiger partial charge in [0.25, 0.3) is 11.7 Å². The van der Waals surface area contributed by atoms with Crippen LogP contribution >= 0.6 is 0 Å². The molecule has 4 rings (SSSR count). The Kier molecular flexibility index (Phi) is 5.98. The van der Waals surface area contributed by atoms with Crippen LogP contribution in [0.15, 0.2) is 76.9 Å². The van der Waals surface area contributed by atoms with E-state index in [0.29, 0.717) is 35.0 Å². The lowest BCUT2D eigenvalue weighted by atomic mass is 9.95. The Morgan fingerprint density at radius 2 is 1.84 bits per heavy atom. The van der Waals surface area contributed by atoms with E-state index in [1.54, 1.807) is 60.7 Å². The monoisotopic (exact) mass is 433 g/mol. The van der Waals surface area contributed by atoms with Crippen molar-refractivity contribution in [3.8, 4) is 11.5 Å². The fourth-order valence-corrected chi connectivity index (χ4v) is 3.84. The van der Waals surface area contributed by atoms with Gasteiger partial charge in [0.05, 0.1) is 38.1 Å². The number of methoxy groups -OCH3 is 1. The van der Waals surface area contributed by atoms with E-state index in [1.807, 2.05) is 6.92 Å². The predicted molar refractivity (Wildman–Crippen MR) is 117 cm³/mol. The molecule has 3 aromatic rings. The number of ketones is 1. The Morgan fingerprint density at radius 1 is 1.06 bits per heavy atom. The summed E-state index contributed by atoms with van der Waals surface area (Å²) in [4.78, 5) is 27.5. The van der Waals surface area contributed by atoms with Crippen molar-refractivity contribution in [2.45, 2.75) is 19.5 Å². The van der Waals surface area contributed by atoms with Crippen molar-refractivity contribution in [2.75, 3.05) is 13.7 Å². The third kappa shape index (κ3) is 3.85. The van der Waals surface area contributed by atoms with E-state index >= 15 is 0 Å². The average Bonchev–Trinajstić information content (AvgIpc) is 3.42. The lowest BCUT2D eigenvalue weighted by Crippen LogP contribution is -2.29. The summed E-state index contributed by atoms with van der Waals surface area (Å²) < 4.78 is 16.5. The molecular formula is C25H23NO6. The molecule has 1 amide bonds. The molecule has 1 unspecified atom stereocenters. The highest BCUT2D eigenvalue weighted by molar-refractivity contribution is 6.46. The zero-order valence-corrected chi connectivity index (χ0v) is 17.8. The number of carbonyl (C=O) groups is 2. The number of carbonyl (C=O) groups excluding carboxylic acids is 2. The van der Waals surface area contributed by atoms with Crippen molar-refractivity contribution in [1.29, 1.82) is 0 Å². The second kappa shape index (κ2) is 9.01. The summed E-state index contributed by atoms with van der Waals surface area (Å²) in [7, 11) is 1.52. The van der Waals surface area contributed by atoms with Crippen LogP contribution in [0.4, 0.5) is 0 Å². The maximum atomic E-state index is 13.1. The number of amides is 1. The molecule has 1 atom stereocenters. The first kappa shape index (κ1) is 21.2. The number of ether oxygens (including phenoxy) is 2. The zero-order valence-electron chi connectivity index (χ0n) is 17.8. The molecule has 0 aliphatic carbocycles. The van der Waals surface area contributed by atoms with Crippen LogP contribution in [0.1, 0.15) is 29.9 Å². The summed E-state index contributed by atoms with van der Waals surface area (Å²) in [6.45, 7) is 2.40. The van der Waals surface area contributed by atoms with Crippen molar-refractivity contribution in [3.63, 3.8) is 0 Å². The Labute approximate surface area is 185 Å². The fourth-order valence-electron chi connectivity index (χ4n) is 3.84. The van der Waals surface area contributed by atoms with Crippen LogP contribution in [0.3, 0.4) is 0 Å². The van der Waals surface area contributed by atoms with Crippen LogP contribution in [0, 0.1) is 0 Å². The van der Waals surface area contributed by atoms with Gasteiger partial charge in [-0.1, -0.05) is 36.4 Å². The highest BCUT2D eigenvalue weighted by Crippen LogP contribution is 2.42. The second-order valence-corrected chi connectivity index (χ2v) is 7.22. The fraction of sp³-hybridized carbons (Fsp3) is 0.200. The number of hydrogen-bond donors (Lipinski definition) is 1. The predicted octanol–water partition coefficient (Wildman–Crippen LogP) is 4.31. The molecule has 7 heteroatoms. The van der Waals surface area contributed by atoms with E-state index in [1.165, 1.54) is 18.3 Å². The standard InChI is InChI=1S/C25H23NO6/c1-3-31-19-12-11-17(14-20(19)30-2)22-21(23(27)16-8-5-4-6-9-16)24(28)25(29)26(22)15-18-10-7-13-32-18/h4-14,22,27H,3,15H2,1-2H3/b23-21+. The SMILES string of the molecule is CCOc1ccc(C2/C(=C(\O)c3ccccc3)C(=O)C(=O)N2Cc2ccco2)cc1OC. The van der Waals surface area contributed by atoms with Crippen LogP contribution in [0.2, 0.25) is 0 Å². The van der Waals surface area contributed by atoms with Crippen LogP contribution in [-0.2, 0) is 16.1 Å². The van der Waals surface area contributed by atoms with Gasteiger partial charge in [0, 0.05) is 5.56 Å². The Morgan fingerprint density at radius 3 is 2.50 bits per heavy atom. The van der Waals surface area contributed by atoms with E-state index < -0.39 is 17.7 Å². The maximum Gasteiger partial charge on any atom is 0.296 e. The molecule has 32 heavy (non-hydrogen) atoms. The minimum absolute atomic E-state index is 0.0129. The molecule has 1 aromatic heterocycles. The van der Waals surface area contributed by atoms with E-state index in [0.717, 1.165) is 0 Å². The largest absolute Gasteiger partial charge is 0.507 e. The maximum absolute atomic E-state index is 13.1. The number of furan rings is 1. The quantitative estimate of drug-likeness (QED) is 0.339. The molecule has 2 aromatic carbocycles. The number of likely N-dealkylation sites (tertiary alicyclic amines) is 1. The van der Waals surface area contributed by atoms with E-state index in [-0.39, 0.29) is 17.9 Å². The van der Waals surface area contributed by atoms with E-state index in [2.05, 4.69) is 0 Å². The van der Waals surface area contributed by atoms with Gasteiger partial charge in [0.1, 0.15) is 11.5 Å². The third-order valence-corrected chi connectivity index (χ3v) is 5.30. The average molecular weight is 433 g/mol. The molecule has 0 radical (unpaired) electrons. The number of hydrogen-bond acceptors (Lipinski definition) is 6. The lowest BCUT2D eigenvalue weighted by Gasteiger charge is -2.25. The molecule has 1 aliphatic heterocycles. The first-order chi connectivity index (χ1) is 15.5. The van der Waals surface area contributed by atoms with Gasteiger partial charge in [-0.05, 0) is 36.8 Å². The van der Waals surface area contributed by atoms with Crippen molar-refractivity contribution in [3.05, 3.63) is 89.4 Å². The van der Waals surface area contributed by atoms with Crippen molar-refractivity contribution in [2.24, 2.45) is 0 Å². The second-order valence-electron chi connectivity index (χ2n) is 7.22. The molecule has 7 nitrogen and oxygen atoms in total. The number of nitrogens with zero attached hydrogens (tertiary/aromatic N) is 1. The molecule has 1 aliphatic rings. The minimum Gasteiger partial charge on any atom is -0.507 e. The molecule has 2 heterocycles. The first-order valence-electron chi connectivity index (χ1n) is 10.2. The van der Waals surface area contributed by atoms with Gasteiger partial charge in [-0.25, -0.2) is 0 Å². The van der Waals surface area contributed by atoms with Gasteiger partial charge in [0.2, 0.25) is 0 Å². The molecule has 0 saturated carbocycles. The molecule has 1 fully saturated rings. The molecule has 1 N–H and O–H groups in total. The van der Waals surface area contributed by atoms with Crippen LogP contribution in [0.5, 0.6) is 11.5 Å². The number of aliphatic hydroxyl groups is 1. The Balaban J connectivity index is 1.87. The van der Waals surface area contributed by atoms with Crippen LogP contribution in [-0.4, -0.2) is 35.4 Å². The van der Waals surface area contributed by atoms with Crippen molar-refractivity contribution in [1.82, 2.24) is 4.90 Å². The molecule has 0 bridgehead atoms. The number of aliphatic hydroxyl groups excluding tert-OH is 1. The lowest BCUT2D eigenvalue weighted by molar-refractivity contribution is -0.140. The number of rotatable bonds is 7.